The Balaban J connectivity index is 2.01. The van der Waals surface area contributed by atoms with Gasteiger partial charge < -0.3 is 14.6 Å². The molecule has 3 rings (SSSR count). The molecule has 0 bridgehead atoms. The van der Waals surface area contributed by atoms with Crippen LogP contribution in [-0.4, -0.2) is 24.3 Å². The van der Waals surface area contributed by atoms with Gasteiger partial charge in [0.05, 0.1) is 19.3 Å². The number of rotatable bonds is 1. The van der Waals surface area contributed by atoms with Crippen LogP contribution in [0.4, 0.5) is 0 Å². The molecule has 1 aliphatic rings. The first-order valence-corrected chi connectivity index (χ1v) is 6.13. The minimum absolute atomic E-state index is 0.341. The Kier molecular flexibility index (Phi) is 2.65. The molecule has 0 saturated carbocycles. The van der Waals surface area contributed by atoms with E-state index in [9.17, 15) is 0 Å². The fourth-order valence-corrected chi connectivity index (χ4v) is 2.50. The van der Waals surface area contributed by atoms with Crippen molar-refractivity contribution in [3.63, 3.8) is 0 Å². The molecule has 2 aromatic rings. The number of hydrogen-bond acceptors (Lipinski definition) is 2. The van der Waals surface area contributed by atoms with Gasteiger partial charge in [-0.15, -0.1) is 0 Å². The third-order valence-electron chi connectivity index (χ3n) is 3.63. The number of hydrogen-bond donors (Lipinski definition) is 1. The molecule has 1 aromatic heterocycles. The summed E-state index contributed by atoms with van der Waals surface area (Å²) < 4.78 is 7.74. The lowest BCUT2D eigenvalue weighted by atomic mass is 10.0. The highest BCUT2D eigenvalue weighted by molar-refractivity contribution is 5.82. The van der Waals surface area contributed by atoms with Crippen LogP contribution in [-0.2, 0) is 11.8 Å². The van der Waals surface area contributed by atoms with Crippen molar-refractivity contribution in [2.75, 3.05) is 19.8 Å². The molecule has 90 valence electrons. The lowest BCUT2D eigenvalue weighted by Crippen LogP contribution is -2.34. The Bertz CT molecular complexity index is 538. The third-order valence-corrected chi connectivity index (χ3v) is 3.63. The van der Waals surface area contributed by atoms with E-state index in [4.69, 9.17) is 4.74 Å². The largest absolute Gasteiger partial charge is 0.378 e. The summed E-state index contributed by atoms with van der Waals surface area (Å²) >= 11 is 0. The Morgan fingerprint density at radius 2 is 2.24 bits per heavy atom. The van der Waals surface area contributed by atoms with Gasteiger partial charge in [-0.2, -0.15) is 0 Å². The summed E-state index contributed by atoms with van der Waals surface area (Å²) in [6, 6.07) is 9.26. The standard InChI is InChI=1S/C14H18N2O/c1-10-7-12-8-11(3-4-14(12)16(10)2)13-9-17-6-5-15-13/h3-4,7-8,13,15H,5-6,9H2,1-2H3. The predicted molar refractivity (Wildman–Crippen MR) is 69.2 cm³/mol. The van der Waals surface area contributed by atoms with Crippen LogP contribution in [0.5, 0.6) is 0 Å². The van der Waals surface area contributed by atoms with Crippen molar-refractivity contribution in [1.82, 2.24) is 9.88 Å². The van der Waals surface area contributed by atoms with E-state index in [1.54, 1.807) is 0 Å². The SMILES string of the molecule is Cc1cc2cc(C3COCCN3)ccc2n1C. The van der Waals surface area contributed by atoms with Crippen molar-refractivity contribution in [1.29, 1.82) is 0 Å². The van der Waals surface area contributed by atoms with Gasteiger partial charge in [-0.25, -0.2) is 0 Å². The van der Waals surface area contributed by atoms with Crippen LogP contribution >= 0.6 is 0 Å². The number of fused-ring (bicyclic) bond motifs is 1. The number of aromatic nitrogens is 1. The summed E-state index contributed by atoms with van der Waals surface area (Å²) in [7, 11) is 2.11. The lowest BCUT2D eigenvalue weighted by Gasteiger charge is -2.24. The van der Waals surface area contributed by atoms with Crippen molar-refractivity contribution in [2.24, 2.45) is 7.05 Å². The number of benzene rings is 1. The Morgan fingerprint density at radius 1 is 1.35 bits per heavy atom. The van der Waals surface area contributed by atoms with E-state index >= 15 is 0 Å². The molecular weight excluding hydrogens is 212 g/mol. The van der Waals surface area contributed by atoms with Crippen LogP contribution in [0.25, 0.3) is 10.9 Å². The fourth-order valence-electron chi connectivity index (χ4n) is 2.50. The van der Waals surface area contributed by atoms with Crippen LogP contribution in [0.15, 0.2) is 24.3 Å². The maximum absolute atomic E-state index is 5.51. The zero-order chi connectivity index (χ0) is 11.8. The molecule has 1 fully saturated rings. The number of ether oxygens (including phenoxy) is 1. The first kappa shape index (κ1) is 10.8. The normalized spacial score (nSPS) is 20.9. The molecule has 1 aliphatic heterocycles. The number of nitrogens with zero attached hydrogens (tertiary/aromatic N) is 1. The van der Waals surface area contributed by atoms with Gasteiger partial charge in [0, 0.05) is 30.2 Å². The van der Waals surface area contributed by atoms with E-state index in [1.165, 1.54) is 22.2 Å². The van der Waals surface area contributed by atoms with E-state index in [2.05, 4.69) is 48.1 Å². The molecule has 0 amide bonds. The van der Waals surface area contributed by atoms with Crippen LogP contribution < -0.4 is 5.32 Å². The molecule has 1 aromatic carbocycles. The average molecular weight is 230 g/mol. The second-order valence-electron chi connectivity index (χ2n) is 4.74. The maximum atomic E-state index is 5.51. The Hall–Kier alpha value is -1.32. The quantitative estimate of drug-likeness (QED) is 0.812. The lowest BCUT2D eigenvalue weighted by molar-refractivity contribution is 0.0769. The van der Waals surface area contributed by atoms with Gasteiger partial charge in [0.1, 0.15) is 0 Å². The molecule has 2 heterocycles. The van der Waals surface area contributed by atoms with Crippen LogP contribution in [0, 0.1) is 6.92 Å². The summed E-state index contributed by atoms with van der Waals surface area (Å²) in [4.78, 5) is 0. The van der Waals surface area contributed by atoms with Crippen molar-refractivity contribution >= 4 is 10.9 Å². The molecule has 3 heteroatoms. The number of nitrogens with one attached hydrogen (secondary N) is 1. The van der Waals surface area contributed by atoms with E-state index in [0.717, 1.165) is 19.8 Å². The van der Waals surface area contributed by atoms with Crippen LogP contribution in [0.2, 0.25) is 0 Å². The second kappa shape index (κ2) is 4.17. The maximum Gasteiger partial charge on any atom is 0.0662 e. The highest BCUT2D eigenvalue weighted by atomic mass is 16.5. The Labute approximate surface area is 101 Å². The number of morpholine rings is 1. The third kappa shape index (κ3) is 1.85. The van der Waals surface area contributed by atoms with Crippen molar-refractivity contribution in [3.8, 4) is 0 Å². The van der Waals surface area contributed by atoms with Crippen LogP contribution in [0.1, 0.15) is 17.3 Å². The molecular formula is C14H18N2O. The molecule has 0 aliphatic carbocycles. The van der Waals surface area contributed by atoms with Crippen LogP contribution in [0.3, 0.4) is 0 Å². The summed E-state index contributed by atoms with van der Waals surface area (Å²) in [5, 5.41) is 4.80. The van der Waals surface area contributed by atoms with Crippen molar-refractivity contribution < 1.29 is 4.74 Å². The minimum Gasteiger partial charge on any atom is -0.378 e. The molecule has 1 saturated heterocycles. The monoisotopic (exact) mass is 230 g/mol. The van der Waals surface area contributed by atoms with Gasteiger partial charge in [0.15, 0.2) is 0 Å². The van der Waals surface area contributed by atoms with Crippen molar-refractivity contribution in [2.45, 2.75) is 13.0 Å². The van der Waals surface area contributed by atoms with E-state index < -0.39 is 0 Å². The topological polar surface area (TPSA) is 26.2 Å². The highest BCUT2D eigenvalue weighted by Crippen LogP contribution is 2.24. The van der Waals surface area contributed by atoms with E-state index in [1.807, 2.05) is 0 Å². The molecule has 0 radical (unpaired) electrons. The summed E-state index contributed by atoms with van der Waals surface area (Å²) in [6.07, 6.45) is 0. The summed E-state index contributed by atoms with van der Waals surface area (Å²) in [5.41, 5.74) is 3.91. The number of aryl methyl sites for hydroxylation is 2. The van der Waals surface area contributed by atoms with E-state index in [0.29, 0.717) is 6.04 Å². The summed E-state index contributed by atoms with van der Waals surface area (Å²) in [5.74, 6) is 0. The molecule has 1 N–H and O–H groups in total. The molecule has 1 unspecified atom stereocenters. The smallest absolute Gasteiger partial charge is 0.0662 e. The van der Waals surface area contributed by atoms with Gasteiger partial charge in [-0.05, 0) is 30.7 Å². The molecule has 1 atom stereocenters. The zero-order valence-corrected chi connectivity index (χ0v) is 10.4. The van der Waals surface area contributed by atoms with E-state index in [-0.39, 0.29) is 0 Å². The van der Waals surface area contributed by atoms with Gasteiger partial charge in [0.2, 0.25) is 0 Å². The first-order valence-electron chi connectivity index (χ1n) is 6.13. The zero-order valence-electron chi connectivity index (χ0n) is 10.4. The second-order valence-corrected chi connectivity index (χ2v) is 4.74. The fraction of sp³-hybridized carbons (Fsp3) is 0.429. The van der Waals surface area contributed by atoms with Crippen molar-refractivity contribution in [3.05, 3.63) is 35.5 Å². The Morgan fingerprint density at radius 3 is 3.00 bits per heavy atom. The molecule has 17 heavy (non-hydrogen) atoms. The molecule has 0 spiro atoms. The van der Waals surface area contributed by atoms with Gasteiger partial charge in [-0.3, -0.25) is 0 Å². The predicted octanol–water partition coefficient (Wildman–Crippen LogP) is 2.15. The molecule has 3 nitrogen and oxygen atoms in total. The summed E-state index contributed by atoms with van der Waals surface area (Å²) in [6.45, 7) is 4.68. The van der Waals surface area contributed by atoms with Gasteiger partial charge >= 0.3 is 0 Å². The first-order chi connectivity index (χ1) is 8.25. The van der Waals surface area contributed by atoms with Gasteiger partial charge in [-0.1, -0.05) is 6.07 Å². The average Bonchev–Trinajstić information content (AvgIpc) is 2.66. The minimum atomic E-state index is 0.341. The van der Waals surface area contributed by atoms with Gasteiger partial charge in [0.25, 0.3) is 0 Å². The highest BCUT2D eigenvalue weighted by Gasteiger charge is 2.15.